The first-order chi connectivity index (χ1) is 5.43. The van der Waals surface area contributed by atoms with Crippen molar-refractivity contribution in [2.24, 2.45) is 0 Å². The maximum absolute atomic E-state index is 5.48. The van der Waals surface area contributed by atoms with Crippen molar-refractivity contribution < 1.29 is 4.74 Å². The lowest BCUT2D eigenvalue weighted by Crippen LogP contribution is -2.01. The summed E-state index contributed by atoms with van der Waals surface area (Å²) in [6.07, 6.45) is 11.2. The Morgan fingerprint density at radius 1 is 1.45 bits per heavy atom. The van der Waals surface area contributed by atoms with Crippen molar-refractivity contribution in [2.45, 2.75) is 45.1 Å². The third kappa shape index (κ3) is 3.57. The Morgan fingerprint density at radius 2 is 2.36 bits per heavy atom. The molecule has 64 valence electrons. The first-order valence-electron chi connectivity index (χ1n) is 4.70. The van der Waals surface area contributed by atoms with Crippen LogP contribution < -0.4 is 0 Å². The van der Waals surface area contributed by atoms with Crippen LogP contribution in [0.25, 0.3) is 0 Å². The number of hydrogen-bond donors (Lipinski definition) is 0. The van der Waals surface area contributed by atoms with Crippen LogP contribution in [-0.4, -0.2) is 12.7 Å². The van der Waals surface area contributed by atoms with Gasteiger partial charge in [0.1, 0.15) is 0 Å². The molecule has 1 aliphatic rings. The number of ether oxygens (including phenoxy) is 1. The van der Waals surface area contributed by atoms with E-state index in [1.165, 1.54) is 25.7 Å². The topological polar surface area (TPSA) is 9.23 Å². The highest BCUT2D eigenvalue weighted by Gasteiger charge is 2.12. The lowest BCUT2D eigenvalue weighted by molar-refractivity contribution is 0.113. The summed E-state index contributed by atoms with van der Waals surface area (Å²) in [5, 5.41) is 0. The van der Waals surface area contributed by atoms with Crippen molar-refractivity contribution in [3.63, 3.8) is 0 Å². The predicted molar refractivity (Wildman–Crippen MR) is 47.6 cm³/mol. The highest BCUT2D eigenvalue weighted by molar-refractivity contribution is 4.85. The molecule has 0 bridgehead atoms. The van der Waals surface area contributed by atoms with Crippen molar-refractivity contribution in [1.29, 1.82) is 0 Å². The van der Waals surface area contributed by atoms with E-state index < -0.39 is 0 Å². The minimum atomic E-state index is 0.531. The molecule has 1 unspecified atom stereocenters. The molecule has 1 atom stereocenters. The van der Waals surface area contributed by atoms with Crippen LogP contribution in [0.1, 0.15) is 39.0 Å². The summed E-state index contributed by atoms with van der Waals surface area (Å²) in [4.78, 5) is 0. The molecule has 0 saturated carbocycles. The third-order valence-corrected chi connectivity index (χ3v) is 2.04. The summed E-state index contributed by atoms with van der Waals surface area (Å²) in [5.41, 5.74) is 0. The van der Waals surface area contributed by atoms with Crippen molar-refractivity contribution in [3.8, 4) is 0 Å². The van der Waals surface area contributed by atoms with E-state index in [0.717, 1.165) is 13.0 Å². The quantitative estimate of drug-likeness (QED) is 0.566. The van der Waals surface area contributed by atoms with Gasteiger partial charge in [0.05, 0.1) is 6.10 Å². The Morgan fingerprint density at radius 3 is 3.00 bits per heavy atom. The monoisotopic (exact) mass is 154 g/mol. The summed E-state index contributed by atoms with van der Waals surface area (Å²) >= 11 is 0. The zero-order valence-corrected chi connectivity index (χ0v) is 7.38. The maximum Gasteiger partial charge on any atom is 0.0610 e. The van der Waals surface area contributed by atoms with Crippen molar-refractivity contribution in [1.82, 2.24) is 0 Å². The van der Waals surface area contributed by atoms with Crippen LogP contribution in [0.4, 0.5) is 0 Å². The molecular weight excluding hydrogens is 136 g/mol. The molecule has 1 aliphatic heterocycles. The van der Waals surface area contributed by atoms with Gasteiger partial charge in [0, 0.05) is 6.61 Å². The van der Waals surface area contributed by atoms with E-state index in [2.05, 4.69) is 19.1 Å². The SMILES string of the molecule is CCC/C=C/CC1CCCO1. The molecule has 0 aromatic rings. The summed E-state index contributed by atoms with van der Waals surface area (Å²) < 4.78 is 5.48. The standard InChI is InChI=1S/C10H18O/c1-2-3-4-5-7-10-8-6-9-11-10/h4-5,10H,2-3,6-9H2,1H3/b5-4+. The molecule has 0 aromatic carbocycles. The molecule has 0 spiro atoms. The van der Waals surface area contributed by atoms with Gasteiger partial charge in [-0.1, -0.05) is 25.5 Å². The van der Waals surface area contributed by atoms with Gasteiger partial charge >= 0.3 is 0 Å². The second kappa shape index (κ2) is 5.36. The molecule has 1 fully saturated rings. The largest absolute Gasteiger partial charge is 0.378 e. The average Bonchev–Trinajstić information content (AvgIpc) is 2.50. The van der Waals surface area contributed by atoms with Gasteiger partial charge in [-0.3, -0.25) is 0 Å². The van der Waals surface area contributed by atoms with Crippen molar-refractivity contribution >= 4 is 0 Å². The van der Waals surface area contributed by atoms with E-state index in [9.17, 15) is 0 Å². The molecule has 0 aliphatic carbocycles. The van der Waals surface area contributed by atoms with Gasteiger partial charge in [0.2, 0.25) is 0 Å². The molecule has 1 rings (SSSR count). The van der Waals surface area contributed by atoms with Gasteiger partial charge < -0.3 is 4.74 Å². The van der Waals surface area contributed by atoms with Crippen LogP contribution in [0.5, 0.6) is 0 Å². The van der Waals surface area contributed by atoms with Crippen LogP contribution >= 0.6 is 0 Å². The second-order valence-electron chi connectivity index (χ2n) is 3.13. The molecule has 0 amide bonds. The summed E-state index contributed by atoms with van der Waals surface area (Å²) in [6, 6.07) is 0. The lowest BCUT2D eigenvalue weighted by Gasteiger charge is -2.03. The third-order valence-electron chi connectivity index (χ3n) is 2.04. The van der Waals surface area contributed by atoms with Crippen LogP contribution in [0, 0.1) is 0 Å². The number of allylic oxidation sites excluding steroid dienone is 1. The predicted octanol–water partition coefficient (Wildman–Crippen LogP) is 2.91. The molecule has 11 heavy (non-hydrogen) atoms. The summed E-state index contributed by atoms with van der Waals surface area (Å²) in [5.74, 6) is 0. The van der Waals surface area contributed by atoms with E-state index in [4.69, 9.17) is 4.74 Å². The van der Waals surface area contributed by atoms with Gasteiger partial charge in [0.25, 0.3) is 0 Å². The Balaban J connectivity index is 2.01. The lowest BCUT2D eigenvalue weighted by atomic mass is 10.1. The van der Waals surface area contributed by atoms with E-state index >= 15 is 0 Å². The van der Waals surface area contributed by atoms with Crippen LogP contribution in [-0.2, 0) is 4.74 Å². The minimum Gasteiger partial charge on any atom is -0.378 e. The fourth-order valence-electron chi connectivity index (χ4n) is 1.36. The Labute approximate surface area is 69.4 Å². The Bertz CT molecular complexity index is 112. The average molecular weight is 154 g/mol. The van der Waals surface area contributed by atoms with E-state index in [1.54, 1.807) is 0 Å². The molecular formula is C10H18O. The molecule has 1 heterocycles. The van der Waals surface area contributed by atoms with E-state index in [0.29, 0.717) is 6.10 Å². The number of unbranched alkanes of at least 4 members (excludes halogenated alkanes) is 1. The van der Waals surface area contributed by atoms with Crippen LogP contribution in [0.3, 0.4) is 0 Å². The van der Waals surface area contributed by atoms with Gasteiger partial charge in [-0.2, -0.15) is 0 Å². The zero-order valence-electron chi connectivity index (χ0n) is 7.38. The van der Waals surface area contributed by atoms with Crippen LogP contribution in [0.15, 0.2) is 12.2 Å². The van der Waals surface area contributed by atoms with Crippen molar-refractivity contribution in [3.05, 3.63) is 12.2 Å². The van der Waals surface area contributed by atoms with Crippen LogP contribution in [0.2, 0.25) is 0 Å². The molecule has 0 aromatic heterocycles. The fourth-order valence-corrected chi connectivity index (χ4v) is 1.36. The summed E-state index contributed by atoms with van der Waals surface area (Å²) in [7, 11) is 0. The normalized spacial score (nSPS) is 25.0. The van der Waals surface area contributed by atoms with Gasteiger partial charge in [0.15, 0.2) is 0 Å². The Kier molecular flexibility index (Phi) is 4.29. The zero-order chi connectivity index (χ0) is 7.94. The first kappa shape index (κ1) is 8.79. The molecule has 1 nitrogen and oxygen atoms in total. The molecule has 0 radical (unpaired) electrons. The van der Waals surface area contributed by atoms with Gasteiger partial charge in [-0.05, 0) is 25.7 Å². The highest BCUT2D eigenvalue weighted by Crippen LogP contribution is 2.15. The second-order valence-corrected chi connectivity index (χ2v) is 3.13. The maximum atomic E-state index is 5.48. The van der Waals surface area contributed by atoms with E-state index in [-0.39, 0.29) is 0 Å². The van der Waals surface area contributed by atoms with Gasteiger partial charge in [-0.15, -0.1) is 0 Å². The number of hydrogen-bond acceptors (Lipinski definition) is 1. The number of rotatable bonds is 4. The molecule has 0 N–H and O–H groups in total. The van der Waals surface area contributed by atoms with E-state index in [1.807, 2.05) is 0 Å². The Hall–Kier alpha value is -0.300. The summed E-state index contributed by atoms with van der Waals surface area (Å²) in [6.45, 7) is 3.18. The highest BCUT2D eigenvalue weighted by atomic mass is 16.5. The molecule has 1 saturated heterocycles. The minimum absolute atomic E-state index is 0.531. The molecule has 1 heteroatoms. The van der Waals surface area contributed by atoms with Gasteiger partial charge in [-0.25, -0.2) is 0 Å². The first-order valence-corrected chi connectivity index (χ1v) is 4.70. The smallest absolute Gasteiger partial charge is 0.0610 e. The van der Waals surface area contributed by atoms with Crippen molar-refractivity contribution in [2.75, 3.05) is 6.61 Å². The fraction of sp³-hybridized carbons (Fsp3) is 0.800.